The highest BCUT2D eigenvalue weighted by Gasteiger charge is 2.32. The summed E-state index contributed by atoms with van der Waals surface area (Å²) in [4.78, 5) is 21.9. The molecule has 0 radical (unpaired) electrons. The molecule has 4 rings (SSSR count). The van der Waals surface area contributed by atoms with Gasteiger partial charge in [0.1, 0.15) is 22.9 Å². The molecule has 0 atom stereocenters. The normalized spacial score (nSPS) is 13.9. The second kappa shape index (κ2) is 6.95. The fraction of sp³-hybridized carbons (Fsp3) is 0.150. The van der Waals surface area contributed by atoms with Crippen molar-refractivity contribution in [2.45, 2.75) is 6.18 Å². The molecule has 3 aromatic rings. The lowest BCUT2D eigenvalue weighted by molar-refractivity contribution is -0.141. The molecule has 0 saturated carbocycles. The lowest BCUT2D eigenvalue weighted by Crippen LogP contribution is -2.28. The summed E-state index contributed by atoms with van der Waals surface area (Å²) in [6.07, 6.45) is 0.391. The Kier molecular flexibility index (Phi) is 4.46. The number of pyridine rings is 2. The smallest absolute Gasteiger partial charge is 0.433 e. The van der Waals surface area contributed by atoms with Crippen LogP contribution in [0.2, 0.25) is 0 Å². The standard InChI is InChI=1S/C20H14F3N3O2/c21-20(22,23)18-8-5-15(12-24-18)28-14-4-7-16-13(11-14)3-6-17(25-16)19(27)26-9-1-2-10-26/h1-8,11-12H,9-10H2. The Morgan fingerprint density at radius 1 is 1.00 bits per heavy atom. The molecular weight excluding hydrogens is 371 g/mol. The van der Waals surface area contributed by atoms with E-state index in [1.165, 1.54) is 6.07 Å². The molecule has 1 aliphatic heterocycles. The summed E-state index contributed by atoms with van der Waals surface area (Å²) in [5.74, 6) is 0.482. The largest absolute Gasteiger partial charge is 0.456 e. The van der Waals surface area contributed by atoms with Gasteiger partial charge in [-0.15, -0.1) is 0 Å². The number of hydrogen-bond donors (Lipinski definition) is 0. The van der Waals surface area contributed by atoms with Gasteiger partial charge < -0.3 is 9.64 Å². The fourth-order valence-corrected chi connectivity index (χ4v) is 2.84. The predicted molar refractivity (Wildman–Crippen MR) is 96.1 cm³/mol. The van der Waals surface area contributed by atoms with E-state index >= 15 is 0 Å². The van der Waals surface area contributed by atoms with Gasteiger partial charge in [0.25, 0.3) is 5.91 Å². The minimum Gasteiger partial charge on any atom is -0.456 e. The maximum Gasteiger partial charge on any atom is 0.433 e. The zero-order valence-corrected chi connectivity index (χ0v) is 14.5. The Morgan fingerprint density at radius 3 is 2.43 bits per heavy atom. The molecule has 0 saturated heterocycles. The molecule has 3 heterocycles. The number of benzene rings is 1. The number of halogens is 3. The van der Waals surface area contributed by atoms with E-state index in [-0.39, 0.29) is 11.7 Å². The number of rotatable bonds is 3. The molecule has 0 bridgehead atoms. The maximum atomic E-state index is 12.6. The van der Waals surface area contributed by atoms with Gasteiger partial charge in [0, 0.05) is 18.5 Å². The van der Waals surface area contributed by atoms with Crippen LogP contribution in [-0.4, -0.2) is 33.9 Å². The molecule has 142 valence electrons. The first-order valence-electron chi connectivity index (χ1n) is 8.46. The number of carbonyl (C=O) groups is 1. The Morgan fingerprint density at radius 2 is 1.75 bits per heavy atom. The van der Waals surface area contributed by atoms with Crippen LogP contribution in [-0.2, 0) is 6.18 Å². The first-order valence-corrected chi connectivity index (χ1v) is 8.46. The lowest BCUT2D eigenvalue weighted by Gasteiger charge is -2.15. The Balaban J connectivity index is 1.53. The van der Waals surface area contributed by atoms with Crippen LogP contribution in [0.25, 0.3) is 10.9 Å². The summed E-state index contributed by atoms with van der Waals surface area (Å²) in [7, 11) is 0. The van der Waals surface area contributed by atoms with Gasteiger partial charge in [0.05, 0.1) is 11.7 Å². The SMILES string of the molecule is O=C(c1ccc2cc(Oc3ccc(C(F)(F)F)nc3)ccc2n1)N1CC=CC1. The van der Waals surface area contributed by atoms with Gasteiger partial charge in [-0.3, -0.25) is 4.79 Å². The number of carbonyl (C=O) groups excluding carboxylic acids is 1. The van der Waals surface area contributed by atoms with E-state index in [0.717, 1.165) is 17.6 Å². The minimum atomic E-state index is -4.49. The molecule has 0 fully saturated rings. The fourth-order valence-electron chi connectivity index (χ4n) is 2.84. The van der Waals surface area contributed by atoms with Gasteiger partial charge in [-0.2, -0.15) is 13.2 Å². The van der Waals surface area contributed by atoms with Gasteiger partial charge in [0.2, 0.25) is 0 Å². The first kappa shape index (κ1) is 18.0. The molecule has 5 nitrogen and oxygen atoms in total. The van der Waals surface area contributed by atoms with Gasteiger partial charge in [-0.25, -0.2) is 9.97 Å². The number of fused-ring (bicyclic) bond motifs is 1. The third kappa shape index (κ3) is 3.66. The molecule has 0 aliphatic carbocycles. The van der Waals surface area contributed by atoms with Crippen molar-refractivity contribution >= 4 is 16.8 Å². The quantitative estimate of drug-likeness (QED) is 0.625. The summed E-state index contributed by atoms with van der Waals surface area (Å²) < 4.78 is 43.3. The van der Waals surface area contributed by atoms with E-state index in [0.29, 0.717) is 30.0 Å². The van der Waals surface area contributed by atoms with Crippen molar-refractivity contribution in [3.63, 3.8) is 0 Å². The van der Waals surface area contributed by atoms with Crippen LogP contribution in [0.1, 0.15) is 16.2 Å². The summed E-state index contributed by atoms with van der Waals surface area (Å²) in [5, 5.41) is 0.744. The third-order valence-electron chi connectivity index (χ3n) is 4.25. The second-order valence-electron chi connectivity index (χ2n) is 6.21. The van der Waals surface area contributed by atoms with Crippen LogP contribution >= 0.6 is 0 Å². The molecule has 0 N–H and O–H groups in total. The molecule has 1 amide bonds. The summed E-state index contributed by atoms with van der Waals surface area (Å²) >= 11 is 0. The summed E-state index contributed by atoms with van der Waals surface area (Å²) in [5.41, 5.74) is 0.000619. The average Bonchev–Trinajstić information content (AvgIpc) is 3.21. The third-order valence-corrected chi connectivity index (χ3v) is 4.25. The summed E-state index contributed by atoms with van der Waals surface area (Å²) in [6, 6.07) is 10.5. The molecular formula is C20H14F3N3O2. The maximum absolute atomic E-state index is 12.6. The van der Waals surface area contributed by atoms with E-state index in [1.54, 1.807) is 35.2 Å². The van der Waals surface area contributed by atoms with Crippen molar-refractivity contribution in [3.05, 3.63) is 72.2 Å². The van der Waals surface area contributed by atoms with Crippen molar-refractivity contribution in [2.24, 2.45) is 0 Å². The Bertz CT molecular complexity index is 1050. The average molecular weight is 385 g/mol. The molecule has 1 aliphatic rings. The van der Waals surface area contributed by atoms with Crippen molar-refractivity contribution < 1.29 is 22.7 Å². The van der Waals surface area contributed by atoms with Crippen molar-refractivity contribution in [1.82, 2.24) is 14.9 Å². The number of ether oxygens (including phenoxy) is 1. The highest BCUT2D eigenvalue weighted by Crippen LogP contribution is 2.30. The molecule has 1 aromatic carbocycles. The van der Waals surface area contributed by atoms with Crippen LogP contribution in [0.4, 0.5) is 13.2 Å². The monoisotopic (exact) mass is 385 g/mol. The number of aromatic nitrogens is 2. The molecule has 2 aromatic heterocycles. The first-order chi connectivity index (χ1) is 13.4. The lowest BCUT2D eigenvalue weighted by atomic mass is 10.2. The zero-order valence-electron chi connectivity index (χ0n) is 14.5. The van der Waals surface area contributed by atoms with E-state index in [9.17, 15) is 18.0 Å². The van der Waals surface area contributed by atoms with Crippen molar-refractivity contribution in [3.8, 4) is 11.5 Å². The van der Waals surface area contributed by atoms with Crippen LogP contribution in [0.3, 0.4) is 0 Å². The summed E-state index contributed by atoms with van der Waals surface area (Å²) in [6.45, 7) is 1.15. The number of nitrogens with zero attached hydrogens (tertiary/aromatic N) is 3. The van der Waals surface area contributed by atoms with Crippen LogP contribution < -0.4 is 4.74 Å². The van der Waals surface area contributed by atoms with Gasteiger partial charge in [0.15, 0.2) is 0 Å². The highest BCUT2D eigenvalue weighted by molar-refractivity contribution is 5.95. The van der Waals surface area contributed by atoms with Crippen LogP contribution in [0.15, 0.2) is 60.8 Å². The van der Waals surface area contributed by atoms with Crippen molar-refractivity contribution in [2.75, 3.05) is 13.1 Å². The minimum absolute atomic E-state index is 0.136. The zero-order chi connectivity index (χ0) is 19.7. The van der Waals surface area contributed by atoms with Gasteiger partial charge in [-0.1, -0.05) is 18.2 Å². The number of alkyl halides is 3. The van der Waals surface area contributed by atoms with Gasteiger partial charge >= 0.3 is 6.18 Å². The van der Waals surface area contributed by atoms with Crippen molar-refractivity contribution in [1.29, 1.82) is 0 Å². The predicted octanol–water partition coefficient (Wildman–Crippen LogP) is 4.45. The van der Waals surface area contributed by atoms with Crippen LogP contribution in [0.5, 0.6) is 11.5 Å². The molecule has 0 unspecified atom stereocenters. The Hall–Kier alpha value is -3.42. The number of hydrogen-bond acceptors (Lipinski definition) is 4. The number of amides is 1. The van der Waals surface area contributed by atoms with E-state index in [1.807, 2.05) is 12.2 Å². The van der Waals surface area contributed by atoms with Gasteiger partial charge in [-0.05, 0) is 36.4 Å². The molecule has 28 heavy (non-hydrogen) atoms. The van der Waals surface area contributed by atoms with E-state index in [4.69, 9.17) is 4.74 Å². The van der Waals surface area contributed by atoms with Crippen LogP contribution in [0, 0.1) is 0 Å². The molecule has 0 spiro atoms. The van der Waals surface area contributed by atoms with E-state index < -0.39 is 11.9 Å². The molecule has 8 heteroatoms. The highest BCUT2D eigenvalue weighted by atomic mass is 19.4. The Labute approximate surface area is 158 Å². The topological polar surface area (TPSA) is 55.3 Å². The second-order valence-corrected chi connectivity index (χ2v) is 6.21. The van der Waals surface area contributed by atoms with E-state index in [2.05, 4.69) is 9.97 Å².